The van der Waals surface area contributed by atoms with Crippen LogP contribution in [0.1, 0.15) is 93.1 Å². The second kappa shape index (κ2) is 35.2. The van der Waals surface area contributed by atoms with E-state index in [1.165, 1.54) is 52.0 Å². The summed E-state index contributed by atoms with van der Waals surface area (Å²) in [7, 11) is 0. The Labute approximate surface area is 555 Å². The van der Waals surface area contributed by atoms with Crippen molar-refractivity contribution in [2.75, 3.05) is 104 Å². The van der Waals surface area contributed by atoms with Crippen LogP contribution in [0.15, 0.2) is 102 Å². The summed E-state index contributed by atoms with van der Waals surface area (Å²) in [6.45, 7) is 12.1. The summed E-state index contributed by atoms with van der Waals surface area (Å²) >= 11 is 0.820. The lowest BCUT2D eigenvalue weighted by Crippen LogP contribution is -2.82. The van der Waals surface area contributed by atoms with Crippen molar-refractivity contribution < 1.29 is 110 Å². The highest BCUT2D eigenvalue weighted by Gasteiger charge is 2.78. The molecule has 1 saturated heterocycles. The molecule has 3 amide bonds. The van der Waals surface area contributed by atoms with E-state index in [-0.39, 0.29) is 72.9 Å². The normalized spacial score (nSPS) is 25.1. The van der Waals surface area contributed by atoms with E-state index in [9.17, 15) is 43.8 Å². The third-order valence-corrected chi connectivity index (χ3v) is 18.5. The van der Waals surface area contributed by atoms with Crippen LogP contribution < -0.4 is 22.1 Å². The van der Waals surface area contributed by atoms with Crippen LogP contribution in [0.4, 0.5) is 0 Å². The predicted molar refractivity (Wildman–Crippen MR) is 339 cm³/mol. The molecule has 1 heterocycles. The molecular weight excluding hydrogens is 1260 g/mol. The number of rotatable bonds is 37. The Morgan fingerprint density at radius 1 is 0.705 bits per heavy atom. The summed E-state index contributed by atoms with van der Waals surface area (Å²) in [5.74, 6) is -10.8. The van der Waals surface area contributed by atoms with Crippen molar-refractivity contribution in [2.24, 2.45) is 28.2 Å². The summed E-state index contributed by atoms with van der Waals surface area (Å²) in [5.41, 5.74) is 3.06. The third-order valence-electron chi connectivity index (χ3n) is 17.5. The molecule has 7 rings (SSSR count). The van der Waals surface area contributed by atoms with E-state index in [0.717, 1.165) is 25.6 Å². The number of ether oxygens (including phenoxy) is 12. The van der Waals surface area contributed by atoms with Crippen LogP contribution in [0.3, 0.4) is 0 Å². The molecule has 1 aliphatic heterocycles. The number of aliphatic hydroxyl groups excluding tert-OH is 1. The summed E-state index contributed by atoms with van der Waals surface area (Å²) < 4.78 is 69.7. The minimum Gasteiger partial charge on any atom is -0.455 e. The molecule has 4 aliphatic rings. The Balaban J connectivity index is 1.10. The number of thioether (sulfide) groups is 1. The fourth-order valence-electron chi connectivity index (χ4n) is 12.6. The number of fused-ring (bicyclic) bond motifs is 5. The quantitative estimate of drug-likeness (QED) is 0.0209. The van der Waals surface area contributed by atoms with Crippen LogP contribution in [0.25, 0.3) is 0 Å². The SMILES string of the molecule is CC(=O)O[C@H]1C(=O)[C@@]2(C)[C@H]([C@H](OC(=O)c3ccccc3)[C@]3(O)C[C@H](OC(=O)[C@H](OC(=O)CSC[C@H](NC(=O)CCOCCOCCOCCOCCOCCOCCN)C(N)=O)[C@@H](NC(=O)c4ccccc4)c4ccccc4)C(C)=C1C3(C)C)[C@]1(OC(C)=O)CO[C@@H]1C[C@@H]2O. The van der Waals surface area contributed by atoms with Crippen molar-refractivity contribution in [1.29, 1.82) is 0 Å². The summed E-state index contributed by atoms with van der Waals surface area (Å²) in [6.07, 6.45) is -11.5. The van der Waals surface area contributed by atoms with E-state index in [0.29, 0.717) is 66.0 Å². The van der Waals surface area contributed by atoms with E-state index in [1.54, 1.807) is 66.7 Å². The standard InChI is InChI=1S/C67H88N4O23S/c1-41-48(37-67(82)59(93-62(80)46-20-14-9-15-21-46)57-65(6,49(74)36-50-66(57,40-89-50)94-43(3)73)58(77)55(90-42(2)72)53(41)64(67,4)5)91-63(81)56(54(44-16-10-7-11-17-44)71-61(79)45-18-12-8-13-19-45)92-52(76)39-95-38-47(60(69)78)70-51(75)22-24-83-26-28-85-30-32-87-34-35-88-33-31-86-29-27-84-25-23-68/h7-21,47-50,54-57,59,74,82H,22-40,68H2,1-6H3,(H2,69,78)(H,70,75)(H,71,79)/t47-,48-,49-,50+,54-,55+,56+,57-,59-,65+,66-,67+/m0/s1. The molecule has 27 nitrogen and oxygen atoms in total. The van der Waals surface area contributed by atoms with Crippen molar-refractivity contribution in [2.45, 2.75) is 121 Å². The minimum atomic E-state index is -2.55. The maximum absolute atomic E-state index is 15.9. The van der Waals surface area contributed by atoms with Crippen LogP contribution in [-0.2, 0) is 90.4 Å². The van der Waals surface area contributed by atoms with Gasteiger partial charge in [-0.2, -0.15) is 0 Å². The number of benzene rings is 3. The van der Waals surface area contributed by atoms with Crippen LogP contribution >= 0.6 is 11.8 Å². The Kier molecular flexibility index (Phi) is 27.8. The van der Waals surface area contributed by atoms with Gasteiger partial charge in [-0.1, -0.05) is 80.6 Å². The zero-order valence-corrected chi connectivity index (χ0v) is 55.1. The fraction of sp³-hybridized carbons (Fsp3) is 0.567. The van der Waals surface area contributed by atoms with Crippen LogP contribution in [-0.4, -0.2) is 221 Å². The monoisotopic (exact) mass is 1350 g/mol. The zero-order valence-electron chi connectivity index (χ0n) is 54.3. The maximum atomic E-state index is 15.9. The number of carbonyl (C=O) groups is 9. The second-order valence-corrected chi connectivity index (χ2v) is 25.1. The zero-order chi connectivity index (χ0) is 68.9. The first-order chi connectivity index (χ1) is 45.4. The van der Waals surface area contributed by atoms with Gasteiger partial charge < -0.3 is 89.2 Å². The van der Waals surface area contributed by atoms with Gasteiger partial charge in [0.15, 0.2) is 17.5 Å². The van der Waals surface area contributed by atoms with Gasteiger partial charge in [-0.25, -0.2) is 9.59 Å². The largest absolute Gasteiger partial charge is 0.455 e. The molecule has 95 heavy (non-hydrogen) atoms. The number of primary amides is 1. The lowest BCUT2D eigenvalue weighted by molar-refractivity contribution is -0.346. The molecule has 0 spiro atoms. The molecule has 0 radical (unpaired) electrons. The molecule has 0 aromatic heterocycles. The Hall–Kier alpha value is -7.22. The molecule has 12 atom stereocenters. The number of aliphatic hydroxyl groups is 2. The molecule has 28 heteroatoms. The third kappa shape index (κ3) is 18.7. The minimum absolute atomic E-state index is 0.00569. The molecule has 8 N–H and O–H groups in total. The number of nitrogens with two attached hydrogens (primary N) is 2. The van der Waals surface area contributed by atoms with Gasteiger partial charge in [-0.05, 0) is 54.8 Å². The van der Waals surface area contributed by atoms with Crippen molar-refractivity contribution in [3.63, 3.8) is 0 Å². The van der Waals surface area contributed by atoms with Crippen LogP contribution in [0.5, 0.6) is 0 Å². The van der Waals surface area contributed by atoms with Crippen molar-refractivity contribution >= 4 is 65.1 Å². The van der Waals surface area contributed by atoms with Gasteiger partial charge in [0.25, 0.3) is 5.91 Å². The number of hydrogen-bond acceptors (Lipinski definition) is 25. The number of amides is 3. The van der Waals surface area contributed by atoms with Gasteiger partial charge in [0.2, 0.25) is 17.9 Å². The summed E-state index contributed by atoms with van der Waals surface area (Å²) in [4.78, 5) is 127. The first-order valence-corrected chi connectivity index (χ1v) is 32.6. The average Bonchev–Trinajstić information content (AvgIpc) is 0.670. The van der Waals surface area contributed by atoms with Gasteiger partial charge in [-0.3, -0.25) is 33.6 Å². The second-order valence-electron chi connectivity index (χ2n) is 24.1. The average molecular weight is 1350 g/mol. The van der Waals surface area contributed by atoms with Crippen molar-refractivity contribution in [3.05, 3.63) is 119 Å². The van der Waals surface area contributed by atoms with Gasteiger partial charge in [0.1, 0.15) is 36.0 Å². The van der Waals surface area contributed by atoms with Crippen molar-refractivity contribution in [3.8, 4) is 0 Å². The highest BCUT2D eigenvalue weighted by atomic mass is 32.2. The van der Waals surface area contributed by atoms with Gasteiger partial charge in [-0.15, -0.1) is 11.8 Å². The number of carbonyl (C=O) groups excluding carboxylic acids is 9. The highest BCUT2D eigenvalue weighted by Crippen LogP contribution is 2.64. The van der Waals surface area contributed by atoms with Crippen LogP contribution in [0.2, 0.25) is 0 Å². The van der Waals surface area contributed by atoms with Gasteiger partial charge in [0, 0.05) is 56.4 Å². The molecule has 3 aromatic carbocycles. The Morgan fingerprint density at radius 2 is 1.24 bits per heavy atom. The van der Waals surface area contributed by atoms with Crippen LogP contribution in [0, 0.1) is 16.7 Å². The highest BCUT2D eigenvalue weighted by molar-refractivity contribution is 8.00. The topological polar surface area (TPSA) is 381 Å². The smallest absolute Gasteiger partial charge is 0.350 e. The van der Waals surface area contributed by atoms with Crippen molar-refractivity contribution in [1.82, 2.24) is 10.6 Å². The van der Waals surface area contributed by atoms with E-state index >= 15 is 9.59 Å². The summed E-state index contributed by atoms with van der Waals surface area (Å²) in [5, 5.41) is 31.8. The molecule has 0 unspecified atom stereocenters. The molecule has 3 aliphatic carbocycles. The lowest BCUT2D eigenvalue weighted by Gasteiger charge is -2.67. The Morgan fingerprint density at radius 3 is 1.76 bits per heavy atom. The Bertz CT molecular complexity index is 3140. The van der Waals surface area contributed by atoms with Gasteiger partial charge >= 0.3 is 29.8 Å². The first-order valence-electron chi connectivity index (χ1n) is 31.4. The molecular formula is C67H88N4O23S. The fourth-order valence-corrected chi connectivity index (χ4v) is 13.5. The number of ketones is 1. The lowest BCUT2D eigenvalue weighted by atomic mass is 9.44. The van der Waals surface area contributed by atoms with E-state index in [4.69, 9.17) is 68.3 Å². The number of nitrogens with one attached hydrogen (secondary N) is 2. The first kappa shape index (κ1) is 75.2. The van der Waals surface area contributed by atoms with E-state index in [2.05, 4.69) is 10.6 Å². The number of esters is 5. The molecule has 2 saturated carbocycles. The molecule has 3 aromatic rings. The number of Topliss-reactive ketones (excluding diaryl/α,β-unsaturated/α-hetero) is 1. The van der Waals surface area contributed by atoms with E-state index < -0.39 is 142 Å². The maximum Gasteiger partial charge on any atom is 0.350 e. The molecule has 3 fully saturated rings. The number of hydrogen-bond donors (Lipinski definition) is 6. The van der Waals surface area contributed by atoms with Gasteiger partial charge in [0.05, 0.1) is 115 Å². The summed E-state index contributed by atoms with van der Waals surface area (Å²) in [6, 6.07) is 20.8. The molecule has 520 valence electrons. The predicted octanol–water partition coefficient (Wildman–Crippen LogP) is 2.44. The molecule has 2 bridgehead atoms. The van der Waals surface area contributed by atoms with E-state index in [1.807, 2.05) is 0 Å².